The molecule has 0 amide bonds. The molecule has 0 aliphatic carbocycles. The molecular formula is C88H82N4P4Pd2Si2+2. The molecule has 0 unspecified atom stereocenters. The molecule has 14 aromatic carbocycles. The van der Waals surface area contributed by atoms with Crippen molar-refractivity contribution in [1.29, 1.82) is 0 Å². The van der Waals surface area contributed by atoms with Crippen molar-refractivity contribution in [3.8, 4) is 0 Å². The zero-order valence-electron chi connectivity index (χ0n) is 55.7. The number of nitrogens with zero attached hydrogens (tertiary/aromatic N) is 4. The van der Waals surface area contributed by atoms with Crippen molar-refractivity contribution in [2.24, 2.45) is 0 Å². The molecule has 16 rings (SSSR count). The minimum atomic E-state index is -1.32. The molecule has 4 nitrogen and oxygen atoms in total. The van der Waals surface area contributed by atoms with Gasteiger partial charge in [-0.1, -0.05) is 322 Å². The summed E-state index contributed by atoms with van der Waals surface area (Å²) in [6.45, 7) is 0. The molecule has 0 N–H and O–H groups in total. The normalized spacial score (nSPS) is 11.8. The molecule has 2 heterocycles. The Balaban J connectivity index is 0.000000169. The van der Waals surface area contributed by atoms with E-state index >= 15 is 0 Å². The van der Waals surface area contributed by atoms with Crippen molar-refractivity contribution in [3.05, 3.63) is 425 Å². The fourth-order valence-electron chi connectivity index (χ4n) is 12.9. The maximum atomic E-state index is 2.80. The van der Waals surface area contributed by atoms with Gasteiger partial charge in [0.25, 0.3) is 0 Å². The van der Waals surface area contributed by atoms with Crippen molar-refractivity contribution in [2.45, 2.75) is 0 Å². The van der Waals surface area contributed by atoms with Crippen LogP contribution in [0.4, 0.5) is 22.7 Å². The summed E-state index contributed by atoms with van der Waals surface area (Å²) >= 11 is 0. The van der Waals surface area contributed by atoms with Gasteiger partial charge >= 0.3 is 0 Å². The Morgan fingerprint density at radius 1 is 0.160 bits per heavy atom. The Kier molecular flexibility index (Phi) is 28.1. The molecule has 0 fully saturated rings. The predicted molar refractivity (Wildman–Crippen MR) is 441 cm³/mol. The summed E-state index contributed by atoms with van der Waals surface area (Å²) in [5.41, 5.74) is 5.49. The van der Waals surface area contributed by atoms with Gasteiger partial charge in [-0.15, -0.1) is 0 Å². The Morgan fingerprint density at radius 2 is 0.280 bits per heavy atom. The summed E-state index contributed by atoms with van der Waals surface area (Å²) in [6.07, 6.45) is 4.09. The van der Waals surface area contributed by atoms with Crippen LogP contribution in [0.25, 0.3) is 0 Å². The smallest absolute Gasteiger partial charge is 0.107 e. The van der Waals surface area contributed by atoms with E-state index in [-0.39, 0.29) is 40.8 Å². The van der Waals surface area contributed by atoms with Crippen LogP contribution in [0.1, 0.15) is 0 Å². The zero-order chi connectivity index (χ0) is 66.2. The molecule has 0 saturated heterocycles. The molecule has 2 aliphatic rings. The van der Waals surface area contributed by atoms with Gasteiger partial charge in [0.1, 0.15) is 25.1 Å². The van der Waals surface area contributed by atoms with E-state index < -0.39 is 49.9 Å². The van der Waals surface area contributed by atoms with Crippen molar-refractivity contribution >= 4 is 125 Å². The van der Waals surface area contributed by atoms with Crippen LogP contribution in [0.2, 0.25) is 0 Å². The molecular weight excluding hydrogens is 1510 g/mol. The third-order valence-corrected chi connectivity index (χ3v) is 35.0. The summed E-state index contributed by atoms with van der Waals surface area (Å²) in [5.74, 6) is 0. The number of benzene rings is 14. The number of rotatable bonds is 18. The number of hydrogen-bond donors (Lipinski definition) is 0. The van der Waals surface area contributed by atoms with Gasteiger partial charge in [0.15, 0.2) is 0 Å². The first-order valence-corrected chi connectivity index (χ1v) is 43.3. The molecule has 500 valence electrons. The van der Waals surface area contributed by atoms with Gasteiger partial charge in [0.2, 0.25) is 0 Å². The monoisotopic (exact) mass is 1590 g/mol. The average molecular weight is 1590 g/mol. The van der Waals surface area contributed by atoms with Crippen LogP contribution in [0.5, 0.6) is 0 Å². The topological polar surface area (TPSA) is 13.0 Å². The van der Waals surface area contributed by atoms with Crippen LogP contribution in [0.15, 0.2) is 425 Å². The van der Waals surface area contributed by atoms with Crippen molar-refractivity contribution < 1.29 is 40.8 Å². The quantitative estimate of drug-likeness (QED) is 0.0627. The van der Waals surface area contributed by atoms with Gasteiger partial charge < -0.3 is 18.3 Å². The first kappa shape index (κ1) is 73.0. The van der Waals surface area contributed by atoms with Crippen LogP contribution in [-0.4, -0.2) is 43.4 Å². The predicted octanol–water partition coefficient (Wildman–Crippen LogP) is 16.1. The summed E-state index contributed by atoms with van der Waals surface area (Å²) in [5, 5.41) is 14.6. The van der Waals surface area contributed by atoms with Crippen molar-refractivity contribution in [3.63, 3.8) is 0 Å². The van der Waals surface area contributed by atoms with Gasteiger partial charge in [-0.05, 0) is 121 Å². The van der Waals surface area contributed by atoms with Crippen molar-refractivity contribution in [2.75, 3.05) is 43.4 Å². The fourth-order valence-corrected chi connectivity index (χ4v) is 31.2. The molecule has 0 saturated carbocycles. The summed E-state index contributed by atoms with van der Waals surface area (Å²) in [7, 11) is -6.99. The number of fused-ring (bicyclic) bond motifs is 2. The molecule has 0 bridgehead atoms. The van der Waals surface area contributed by atoms with Gasteiger partial charge in [-0.3, -0.25) is 0 Å². The van der Waals surface area contributed by atoms with E-state index in [0.29, 0.717) is 0 Å². The summed E-state index contributed by atoms with van der Waals surface area (Å²) < 4.78 is 11.2. The van der Waals surface area contributed by atoms with E-state index in [0.717, 1.165) is 25.1 Å². The first-order valence-electron chi connectivity index (χ1n) is 33.7. The molecule has 0 spiro atoms. The molecule has 14 aromatic rings. The Labute approximate surface area is 629 Å². The van der Waals surface area contributed by atoms with E-state index in [1.807, 2.05) is 72.8 Å². The maximum absolute atomic E-state index is 2.80. The van der Waals surface area contributed by atoms with Crippen LogP contribution in [0, 0.1) is 0 Å². The standard InChI is InChI=1S/2C38H33N2P2Si.2C6H6.2Pd/c2*1-6-18-32(19-7-1)41(33-20-8-2-9-21-33)30-39-37-28-16-17-29-38(37)40(43(39)36-26-14-5-15-27-36)31-42(34-22-10-3-11-23-34)35-24-12-4-13-25-35;2*1-2-4-6-5-3-1;;/h2*1-29H,30-31H2;2*1-6H;;/q2*-1;;;;/p+4. The Bertz CT molecular complexity index is 3840. The molecule has 0 radical (unpaired) electrons. The molecule has 0 atom stereocenters. The third-order valence-electron chi connectivity index (χ3n) is 17.6. The van der Waals surface area contributed by atoms with E-state index in [2.05, 4.69) is 370 Å². The van der Waals surface area contributed by atoms with E-state index in [1.165, 1.54) is 75.6 Å². The number of para-hydroxylation sites is 4. The van der Waals surface area contributed by atoms with Gasteiger partial charge in [0, 0.05) is 63.6 Å². The van der Waals surface area contributed by atoms with Crippen LogP contribution < -0.4 is 71.1 Å². The van der Waals surface area contributed by atoms with Gasteiger partial charge in [-0.25, -0.2) is 0 Å². The second-order valence-electron chi connectivity index (χ2n) is 23.9. The zero-order valence-corrected chi connectivity index (χ0v) is 64.8. The minimum Gasteiger partial charge on any atom is -0.474 e. The van der Waals surface area contributed by atoms with Crippen LogP contribution in [0.3, 0.4) is 0 Å². The van der Waals surface area contributed by atoms with Crippen molar-refractivity contribution in [1.82, 2.24) is 0 Å². The van der Waals surface area contributed by atoms with Gasteiger partial charge in [-0.2, -0.15) is 10.4 Å². The van der Waals surface area contributed by atoms with Crippen LogP contribution in [-0.2, 0) is 40.8 Å². The maximum Gasteiger partial charge on any atom is 0.107 e. The van der Waals surface area contributed by atoms with Gasteiger partial charge in [0.05, 0.1) is 74.1 Å². The summed E-state index contributed by atoms with van der Waals surface area (Å²) in [4.78, 5) is 0. The second-order valence-corrected chi connectivity index (χ2v) is 38.2. The van der Waals surface area contributed by atoms with E-state index in [1.54, 1.807) is 0 Å². The third kappa shape index (κ3) is 18.8. The Hall–Kier alpha value is -8.24. The molecule has 2 aliphatic heterocycles. The minimum absolute atomic E-state index is 0. The first-order chi connectivity index (χ1) is 48.7. The average Bonchev–Trinajstić information content (AvgIpc) is 1.60. The number of anilines is 4. The molecule has 0 aromatic heterocycles. The Morgan fingerprint density at radius 3 is 0.430 bits per heavy atom. The van der Waals surface area contributed by atoms with E-state index in [4.69, 9.17) is 0 Å². The SMILES string of the molecule is [Pd].[Pd].c1ccc([Si-]2N(C[PH+](c3ccccc3)c3ccccc3)c3ccccc3N2C[PH+](c2ccccc2)c2ccccc2)cc1.c1ccc([Si-]2N(C[PH+](c3ccccc3)c3ccccc3)c3ccccc3N2C[PH+](c2ccccc2)c2ccccc2)cc1.c1ccccc1.c1ccccc1. The number of hydrogen-bond acceptors (Lipinski definition) is 4. The fraction of sp³-hybridized carbons (Fsp3) is 0.0455. The molecule has 12 heteroatoms. The largest absolute Gasteiger partial charge is 0.474 e. The van der Waals surface area contributed by atoms with E-state index in [9.17, 15) is 0 Å². The molecule has 100 heavy (non-hydrogen) atoms. The second kappa shape index (κ2) is 38.5. The van der Waals surface area contributed by atoms with Crippen LogP contribution >= 0.6 is 31.7 Å². The summed E-state index contributed by atoms with van der Waals surface area (Å²) in [6, 6.07) is 155.